The molecule has 5 nitrogen and oxygen atoms in total. The molecule has 28 heavy (non-hydrogen) atoms. The summed E-state index contributed by atoms with van der Waals surface area (Å²) in [7, 11) is 0. The van der Waals surface area contributed by atoms with Crippen LogP contribution in [0.4, 0.5) is 4.39 Å². The molecule has 1 aromatic carbocycles. The van der Waals surface area contributed by atoms with Gasteiger partial charge in [0.1, 0.15) is 5.82 Å². The molecule has 6 heteroatoms. The molecule has 154 valence electrons. The summed E-state index contributed by atoms with van der Waals surface area (Å²) in [5, 5.41) is 0. The van der Waals surface area contributed by atoms with Crippen LogP contribution in [-0.4, -0.2) is 78.6 Å². The summed E-state index contributed by atoms with van der Waals surface area (Å²) in [4.78, 5) is 19.7. The molecule has 3 aliphatic heterocycles. The van der Waals surface area contributed by atoms with E-state index in [1.165, 1.54) is 18.9 Å². The molecule has 1 aromatic rings. The number of benzene rings is 1. The largest absolute Gasteiger partial charge is 0.379 e. The van der Waals surface area contributed by atoms with E-state index >= 15 is 0 Å². The number of likely N-dealkylation sites (tertiary alicyclic amines) is 2. The van der Waals surface area contributed by atoms with Gasteiger partial charge in [-0.25, -0.2) is 4.39 Å². The zero-order valence-electron chi connectivity index (χ0n) is 16.7. The van der Waals surface area contributed by atoms with E-state index in [0.717, 1.165) is 77.3 Å². The Hall–Kier alpha value is -1.50. The van der Waals surface area contributed by atoms with Gasteiger partial charge in [-0.1, -0.05) is 12.1 Å². The van der Waals surface area contributed by atoms with Gasteiger partial charge in [-0.05, 0) is 56.3 Å². The summed E-state index contributed by atoms with van der Waals surface area (Å²) in [5.74, 6) is 0.0973. The summed E-state index contributed by atoms with van der Waals surface area (Å²) >= 11 is 0. The Balaban J connectivity index is 1.37. The van der Waals surface area contributed by atoms with Crippen molar-refractivity contribution in [2.75, 3.05) is 52.5 Å². The van der Waals surface area contributed by atoms with Crippen LogP contribution in [0.3, 0.4) is 0 Å². The van der Waals surface area contributed by atoms with E-state index < -0.39 is 0 Å². The van der Waals surface area contributed by atoms with Crippen molar-refractivity contribution in [1.82, 2.24) is 14.7 Å². The first-order chi connectivity index (χ1) is 13.6. The van der Waals surface area contributed by atoms with Crippen molar-refractivity contribution in [1.29, 1.82) is 0 Å². The molecule has 4 rings (SSSR count). The minimum absolute atomic E-state index is 0.161. The fourth-order valence-electron chi connectivity index (χ4n) is 5.14. The number of rotatable bonds is 4. The Labute approximate surface area is 167 Å². The van der Waals surface area contributed by atoms with Gasteiger partial charge < -0.3 is 9.64 Å². The van der Waals surface area contributed by atoms with E-state index in [0.29, 0.717) is 6.54 Å². The molecule has 0 saturated carbocycles. The van der Waals surface area contributed by atoms with Crippen LogP contribution in [0.25, 0.3) is 0 Å². The fourth-order valence-corrected chi connectivity index (χ4v) is 5.14. The van der Waals surface area contributed by atoms with Crippen LogP contribution in [0.1, 0.15) is 37.7 Å². The van der Waals surface area contributed by atoms with Crippen molar-refractivity contribution >= 4 is 5.91 Å². The molecule has 3 aliphatic rings. The highest BCUT2D eigenvalue weighted by Crippen LogP contribution is 2.39. The van der Waals surface area contributed by atoms with Crippen LogP contribution in [0.2, 0.25) is 0 Å². The van der Waals surface area contributed by atoms with Crippen LogP contribution < -0.4 is 0 Å². The number of nitrogens with zero attached hydrogens (tertiary/aromatic N) is 3. The average Bonchev–Trinajstić information content (AvgIpc) is 2.93. The van der Waals surface area contributed by atoms with Crippen molar-refractivity contribution in [3.05, 3.63) is 35.6 Å². The molecule has 0 bridgehead atoms. The smallest absolute Gasteiger partial charge is 0.236 e. The van der Waals surface area contributed by atoms with Gasteiger partial charge in [0.15, 0.2) is 0 Å². The first-order valence-electron chi connectivity index (χ1n) is 10.7. The van der Waals surface area contributed by atoms with E-state index in [1.807, 2.05) is 6.07 Å². The SMILES string of the molecule is O=C(CN1CCOCC1)N1CCC[C@]2(CCCN2Cc2cccc(F)c2)CC1. The fraction of sp³-hybridized carbons (Fsp3) is 0.682. The number of hydrogen-bond acceptors (Lipinski definition) is 4. The monoisotopic (exact) mass is 389 g/mol. The lowest BCUT2D eigenvalue weighted by atomic mass is 9.87. The van der Waals surface area contributed by atoms with Crippen molar-refractivity contribution in [2.24, 2.45) is 0 Å². The van der Waals surface area contributed by atoms with Crippen molar-refractivity contribution < 1.29 is 13.9 Å². The highest BCUT2D eigenvalue weighted by Gasteiger charge is 2.42. The second-order valence-electron chi connectivity index (χ2n) is 8.50. The molecule has 3 fully saturated rings. The Kier molecular flexibility index (Phi) is 6.28. The molecule has 0 radical (unpaired) electrons. The minimum atomic E-state index is -0.161. The second-order valence-corrected chi connectivity index (χ2v) is 8.50. The standard InChI is InChI=1S/C22H32FN3O2/c23-20-5-1-4-19(16-20)17-26-10-3-7-22(26)6-2-9-25(11-8-22)21(27)18-24-12-14-28-15-13-24/h1,4-5,16H,2-3,6-15,17-18H2/t22-/m0/s1. The van der Waals surface area contributed by atoms with Crippen molar-refractivity contribution in [3.63, 3.8) is 0 Å². The molecule has 0 aromatic heterocycles. The number of morpholine rings is 1. The normalized spacial score (nSPS) is 27.2. The van der Waals surface area contributed by atoms with E-state index in [4.69, 9.17) is 4.74 Å². The van der Waals surface area contributed by atoms with Crippen LogP contribution in [0, 0.1) is 5.82 Å². The highest BCUT2D eigenvalue weighted by atomic mass is 19.1. The van der Waals surface area contributed by atoms with Gasteiger partial charge in [-0.3, -0.25) is 14.6 Å². The quantitative estimate of drug-likeness (QED) is 0.793. The predicted molar refractivity (Wildman–Crippen MR) is 106 cm³/mol. The molecule has 0 unspecified atom stereocenters. The number of carbonyl (C=O) groups excluding carboxylic acids is 1. The Morgan fingerprint density at radius 1 is 1.04 bits per heavy atom. The van der Waals surface area contributed by atoms with Crippen molar-refractivity contribution in [2.45, 2.75) is 44.2 Å². The summed E-state index contributed by atoms with van der Waals surface area (Å²) in [6.45, 7) is 7.25. The van der Waals surface area contributed by atoms with E-state index in [2.05, 4.69) is 14.7 Å². The van der Waals surface area contributed by atoms with Gasteiger partial charge in [0.05, 0.1) is 19.8 Å². The Morgan fingerprint density at radius 3 is 2.61 bits per heavy atom. The number of halogens is 1. The van der Waals surface area contributed by atoms with Gasteiger partial charge in [0.25, 0.3) is 0 Å². The molecule has 0 aliphatic carbocycles. The van der Waals surface area contributed by atoms with Crippen LogP contribution in [0.15, 0.2) is 24.3 Å². The van der Waals surface area contributed by atoms with Gasteiger partial charge in [0.2, 0.25) is 5.91 Å². The number of hydrogen-bond donors (Lipinski definition) is 0. The first-order valence-corrected chi connectivity index (χ1v) is 10.7. The van der Waals surface area contributed by atoms with Crippen LogP contribution in [-0.2, 0) is 16.1 Å². The maximum absolute atomic E-state index is 13.6. The van der Waals surface area contributed by atoms with E-state index in [1.54, 1.807) is 12.1 Å². The lowest BCUT2D eigenvalue weighted by Crippen LogP contribution is -2.46. The maximum Gasteiger partial charge on any atom is 0.236 e. The second kappa shape index (κ2) is 8.89. The van der Waals surface area contributed by atoms with E-state index in [9.17, 15) is 9.18 Å². The highest BCUT2D eigenvalue weighted by molar-refractivity contribution is 5.78. The third-order valence-electron chi connectivity index (χ3n) is 6.74. The summed E-state index contributed by atoms with van der Waals surface area (Å²) < 4.78 is 19.0. The Bertz CT molecular complexity index is 680. The predicted octanol–water partition coefficient (Wildman–Crippen LogP) is 2.51. The number of ether oxygens (including phenoxy) is 1. The van der Waals surface area contributed by atoms with Gasteiger partial charge >= 0.3 is 0 Å². The van der Waals surface area contributed by atoms with Crippen LogP contribution in [0.5, 0.6) is 0 Å². The Morgan fingerprint density at radius 2 is 1.82 bits per heavy atom. The number of amides is 1. The topological polar surface area (TPSA) is 36.0 Å². The van der Waals surface area contributed by atoms with Gasteiger partial charge in [0, 0.05) is 38.3 Å². The molecule has 1 amide bonds. The third-order valence-corrected chi connectivity index (χ3v) is 6.74. The summed E-state index contributed by atoms with van der Waals surface area (Å²) in [6.07, 6.45) is 5.58. The zero-order valence-corrected chi connectivity index (χ0v) is 16.7. The summed E-state index contributed by atoms with van der Waals surface area (Å²) in [5.41, 5.74) is 1.21. The van der Waals surface area contributed by atoms with Gasteiger partial charge in [-0.2, -0.15) is 0 Å². The van der Waals surface area contributed by atoms with Gasteiger partial charge in [-0.15, -0.1) is 0 Å². The molecule has 1 spiro atoms. The summed E-state index contributed by atoms with van der Waals surface area (Å²) in [6, 6.07) is 6.98. The first kappa shape index (κ1) is 19.8. The lowest BCUT2D eigenvalue weighted by molar-refractivity contribution is -0.133. The van der Waals surface area contributed by atoms with Crippen molar-refractivity contribution in [3.8, 4) is 0 Å². The number of carbonyl (C=O) groups is 1. The van der Waals surface area contributed by atoms with E-state index in [-0.39, 0.29) is 17.3 Å². The third kappa shape index (κ3) is 4.56. The molecular formula is C22H32FN3O2. The lowest BCUT2D eigenvalue weighted by Gasteiger charge is -2.38. The molecule has 0 N–H and O–H groups in total. The minimum Gasteiger partial charge on any atom is -0.379 e. The molecule has 1 atom stereocenters. The molecule has 3 saturated heterocycles. The maximum atomic E-state index is 13.6. The zero-order chi connectivity index (χ0) is 19.4. The molecule has 3 heterocycles. The molecular weight excluding hydrogens is 357 g/mol. The average molecular weight is 390 g/mol. The van der Waals surface area contributed by atoms with Crippen LogP contribution >= 0.6 is 0 Å².